The molecule has 6 nitrogen and oxygen atoms in total. The maximum Gasteiger partial charge on any atom is 0.355 e. The fourth-order valence-electron chi connectivity index (χ4n) is 3.54. The van der Waals surface area contributed by atoms with Crippen molar-refractivity contribution < 1.29 is 18.3 Å². The molecule has 2 aromatic carbocycles. The number of aromatic nitrogens is 2. The van der Waals surface area contributed by atoms with Crippen molar-refractivity contribution >= 4 is 17.9 Å². The summed E-state index contributed by atoms with van der Waals surface area (Å²) in [6.45, 7) is 7.09. The van der Waals surface area contributed by atoms with Crippen molar-refractivity contribution in [3.05, 3.63) is 107 Å². The number of hydrogen-bond donors (Lipinski definition) is 1. The number of carbonyl (C=O) groups excluding carboxylic acids is 1. The largest absolute Gasteiger partial charge is 0.465 e. The minimum atomic E-state index is -0.702. The van der Waals surface area contributed by atoms with Crippen molar-refractivity contribution in [3.8, 4) is 11.3 Å². The minimum Gasteiger partial charge on any atom is -0.465 e. The van der Waals surface area contributed by atoms with Crippen LogP contribution in [0.1, 0.15) is 43.4 Å². The Bertz CT molecular complexity index is 1370. The molecule has 0 aliphatic rings. The topological polar surface area (TPSA) is 77.2 Å². The third-order valence-corrected chi connectivity index (χ3v) is 5.23. The number of nitrogens with zero attached hydrogens (tertiary/aromatic N) is 2. The Morgan fingerprint density at radius 3 is 2.56 bits per heavy atom. The van der Waals surface area contributed by atoms with Crippen LogP contribution in [-0.4, -0.2) is 21.5 Å². The summed E-state index contributed by atoms with van der Waals surface area (Å²) >= 11 is 0. The molecule has 0 aliphatic heterocycles. The zero-order valence-electron chi connectivity index (χ0n) is 20.7. The van der Waals surface area contributed by atoms with Gasteiger partial charge in [-0.05, 0) is 57.0 Å². The molecule has 0 radical (unpaired) electrons. The molecular weight excluding hydrogens is 457 g/mol. The lowest BCUT2D eigenvalue weighted by Crippen LogP contribution is -2.27. The monoisotopic (exact) mass is 485 g/mol. The average Bonchev–Trinajstić information content (AvgIpc) is 3.34. The van der Waals surface area contributed by atoms with Crippen LogP contribution in [0.15, 0.2) is 83.2 Å². The number of benzene rings is 2. The van der Waals surface area contributed by atoms with Crippen LogP contribution in [0.2, 0.25) is 0 Å². The van der Waals surface area contributed by atoms with E-state index in [0.717, 1.165) is 5.56 Å². The fraction of sp³-hybridized carbons (Fsp3) is 0.207. The highest BCUT2D eigenvalue weighted by Gasteiger charge is 2.23. The lowest BCUT2D eigenvalue weighted by molar-refractivity contribution is -0.149. The van der Waals surface area contributed by atoms with Crippen LogP contribution in [0.4, 0.5) is 10.2 Å². The number of furan rings is 1. The quantitative estimate of drug-likeness (QED) is 0.236. The summed E-state index contributed by atoms with van der Waals surface area (Å²) in [5.41, 5.74) is 2.27. The van der Waals surface area contributed by atoms with Crippen molar-refractivity contribution in [1.82, 2.24) is 9.97 Å². The van der Waals surface area contributed by atoms with E-state index in [1.807, 2.05) is 30.3 Å². The van der Waals surface area contributed by atoms with E-state index in [-0.39, 0.29) is 11.5 Å². The molecule has 4 rings (SSSR count). The van der Waals surface area contributed by atoms with Crippen LogP contribution < -0.4 is 5.32 Å². The van der Waals surface area contributed by atoms with Gasteiger partial charge in [0.25, 0.3) is 0 Å². The number of rotatable bonds is 7. The Labute approximate surface area is 209 Å². The van der Waals surface area contributed by atoms with Crippen molar-refractivity contribution in [2.75, 3.05) is 5.32 Å². The first kappa shape index (κ1) is 24.9. The van der Waals surface area contributed by atoms with Gasteiger partial charge in [0.15, 0.2) is 5.82 Å². The highest BCUT2D eigenvalue weighted by Crippen LogP contribution is 2.27. The third-order valence-electron chi connectivity index (χ3n) is 5.23. The molecule has 2 aromatic heterocycles. The molecule has 0 saturated carbocycles. The molecule has 36 heavy (non-hydrogen) atoms. The lowest BCUT2D eigenvalue weighted by atomic mass is 10.1. The molecule has 0 fully saturated rings. The summed E-state index contributed by atoms with van der Waals surface area (Å²) in [4.78, 5) is 22.3. The molecule has 0 atom stereocenters. The number of nitrogens with one attached hydrogen (secondary N) is 1. The van der Waals surface area contributed by atoms with E-state index in [2.05, 4.69) is 10.3 Å². The van der Waals surface area contributed by atoms with Gasteiger partial charge in [-0.2, -0.15) is 0 Å². The highest BCUT2D eigenvalue weighted by atomic mass is 19.1. The van der Waals surface area contributed by atoms with Gasteiger partial charge in [-0.25, -0.2) is 19.2 Å². The number of ether oxygens (including phenoxy) is 1. The SMILES string of the molecule is Cc1cccc(-c2cnc(N/C(=C\c3ccco3)C(=O)OC(C)(C)C)c(Cc3ccccc3)n2)c1F. The maximum atomic E-state index is 14.9. The number of carbonyl (C=O) groups is 1. The summed E-state index contributed by atoms with van der Waals surface area (Å²) in [7, 11) is 0. The normalized spacial score (nSPS) is 11.9. The lowest BCUT2D eigenvalue weighted by Gasteiger charge is -2.21. The summed E-state index contributed by atoms with van der Waals surface area (Å²) < 4.78 is 25.9. The van der Waals surface area contributed by atoms with Gasteiger partial charge in [0.2, 0.25) is 0 Å². The predicted octanol–water partition coefficient (Wildman–Crippen LogP) is 6.57. The molecule has 0 unspecified atom stereocenters. The van der Waals surface area contributed by atoms with Gasteiger partial charge in [-0.15, -0.1) is 0 Å². The second-order valence-electron chi connectivity index (χ2n) is 9.35. The van der Waals surface area contributed by atoms with Crippen LogP contribution >= 0.6 is 0 Å². The molecule has 0 bridgehead atoms. The molecule has 184 valence electrons. The smallest absolute Gasteiger partial charge is 0.355 e. The van der Waals surface area contributed by atoms with Crippen molar-refractivity contribution in [2.45, 2.75) is 39.7 Å². The number of anilines is 1. The highest BCUT2D eigenvalue weighted by molar-refractivity contribution is 5.96. The van der Waals surface area contributed by atoms with Crippen LogP contribution in [-0.2, 0) is 16.0 Å². The van der Waals surface area contributed by atoms with Crippen molar-refractivity contribution in [1.29, 1.82) is 0 Å². The van der Waals surface area contributed by atoms with E-state index in [1.54, 1.807) is 64.1 Å². The molecule has 1 N–H and O–H groups in total. The second kappa shape index (κ2) is 10.6. The molecule has 4 aromatic rings. The Balaban J connectivity index is 1.77. The standard InChI is InChI=1S/C29H28FN3O3/c1-19-10-8-14-22(26(19)30)25-18-31-27(23(32-25)16-20-11-6-5-7-12-20)33-24(17-21-13-9-15-35-21)28(34)36-29(2,3)4/h5-15,17-18H,16H2,1-4H3,(H,31,33)/b24-17-. The zero-order valence-corrected chi connectivity index (χ0v) is 20.7. The van der Waals surface area contributed by atoms with Gasteiger partial charge in [0.1, 0.15) is 22.9 Å². The number of esters is 1. The average molecular weight is 486 g/mol. The summed E-state index contributed by atoms with van der Waals surface area (Å²) in [6, 6.07) is 18.4. The van der Waals surface area contributed by atoms with Crippen LogP contribution in [0.5, 0.6) is 0 Å². The second-order valence-corrected chi connectivity index (χ2v) is 9.35. The van der Waals surface area contributed by atoms with Crippen molar-refractivity contribution in [3.63, 3.8) is 0 Å². The fourth-order valence-corrected chi connectivity index (χ4v) is 3.54. The number of halogens is 1. The van der Waals surface area contributed by atoms with E-state index in [0.29, 0.717) is 40.5 Å². The Morgan fingerprint density at radius 1 is 1.08 bits per heavy atom. The van der Waals surface area contributed by atoms with E-state index < -0.39 is 11.6 Å². The van der Waals surface area contributed by atoms with E-state index in [4.69, 9.17) is 14.1 Å². The Morgan fingerprint density at radius 2 is 1.86 bits per heavy atom. The van der Waals surface area contributed by atoms with Gasteiger partial charge in [-0.3, -0.25) is 0 Å². The third kappa shape index (κ3) is 6.24. The minimum absolute atomic E-state index is 0.137. The molecule has 0 aliphatic carbocycles. The van der Waals surface area contributed by atoms with Crippen LogP contribution in [0.25, 0.3) is 17.3 Å². The molecule has 0 saturated heterocycles. The van der Waals surface area contributed by atoms with Gasteiger partial charge >= 0.3 is 5.97 Å². The molecule has 2 heterocycles. The van der Waals surface area contributed by atoms with Crippen molar-refractivity contribution in [2.24, 2.45) is 0 Å². The molecule has 7 heteroatoms. The molecule has 0 spiro atoms. The number of aryl methyl sites for hydroxylation is 1. The maximum absolute atomic E-state index is 14.9. The van der Waals surface area contributed by atoms with Gasteiger partial charge in [0.05, 0.1) is 23.8 Å². The predicted molar refractivity (Wildman–Crippen MR) is 138 cm³/mol. The first-order valence-electron chi connectivity index (χ1n) is 11.6. The van der Waals surface area contributed by atoms with E-state index >= 15 is 0 Å². The number of hydrogen-bond acceptors (Lipinski definition) is 6. The van der Waals surface area contributed by atoms with Gasteiger partial charge in [0, 0.05) is 18.1 Å². The molecule has 0 amide bonds. The van der Waals surface area contributed by atoms with E-state index in [9.17, 15) is 9.18 Å². The van der Waals surface area contributed by atoms with Gasteiger partial charge in [-0.1, -0.05) is 42.5 Å². The first-order valence-corrected chi connectivity index (χ1v) is 11.6. The summed E-state index contributed by atoms with van der Waals surface area (Å²) in [6.07, 6.45) is 4.98. The Kier molecular flexibility index (Phi) is 7.29. The zero-order chi connectivity index (χ0) is 25.7. The molecular formula is C29H28FN3O3. The van der Waals surface area contributed by atoms with Crippen LogP contribution in [0.3, 0.4) is 0 Å². The summed E-state index contributed by atoms with van der Waals surface area (Å²) in [5, 5.41) is 3.09. The first-order chi connectivity index (χ1) is 17.2. The van der Waals surface area contributed by atoms with Gasteiger partial charge < -0.3 is 14.5 Å². The van der Waals surface area contributed by atoms with Crippen LogP contribution in [0, 0.1) is 12.7 Å². The Hall–Kier alpha value is -4.26. The summed E-state index contributed by atoms with van der Waals surface area (Å²) in [5.74, 6) is -0.0794. The van der Waals surface area contributed by atoms with E-state index in [1.165, 1.54) is 12.5 Å².